The Hall–Kier alpha value is -2.47. The fourth-order valence-corrected chi connectivity index (χ4v) is 3.02. The summed E-state index contributed by atoms with van der Waals surface area (Å²) >= 11 is 6.10. The topological polar surface area (TPSA) is 66.4 Å². The average Bonchev–Trinajstić information content (AvgIpc) is 2.60. The Morgan fingerprint density at radius 1 is 1.35 bits per heavy atom. The lowest BCUT2D eigenvalue weighted by Gasteiger charge is -2.24. The van der Waals surface area contributed by atoms with Crippen molar-refractivity contribution in [3.05, 3.63) is 40.7 Å². The maximum Gasteiger partial charge on any atom is 0.268 e. The molecule has 0 saturated carbocycles. The monoisotopic (exact) mass is 330 g/mol. The molecule has 0 bridgehead atoms. The zero-order valence-corrected chi connectivity index (χ0v) is 13.8. The molecule has 0 N–H and O–H groups in total. The van der Waals surface area contributed by atoms with Crippen LogP contribution in [0.2, 0.25) is 5.15 Å². The van der Waals surface area contributed by atoms with Gasteiger partial charge in [-0.15, -0.1) is 0 Å². The van der Waals surface area contributed by atoms with Crippen LogP contribution in [0.4, 0.5) is 17.3 Å². The lowest BCUT2D eigenvalue weighted by atomic mass is 10.2. The highest BCUT2D eigenvalue weighted by Gasteiger charge is 2.35. The van der Waals surface area contributed by atoms with E-state index in [2.05, 4.69) is 9.97 Å². The van der Waals surface area contributed by atoms with E-state index in [-0.39, 0.29) is 5.91 Å². The number of rotatable bonds is 1. The molecule has 2 aromatic heterocycles. The first-order valence-electron chi connectivity index (χ1n) is 7.20. The molecule has 3 heterocycles. The van der Waals surface area contributed by atoms with Crippen molar-refractivity contribution in [3.8, 4) is 0 Å². The normalized spacial score (nSPS) is 13.5. The van der Waals surface area contributed by atoms with Gasteiger partial charge in [0, 0.05) is 19.7 Å². The molecule has 118 valence electrons. The van der Waals surface area contributed by atoms with E-state index in [1.165, 1.54) is 6.92 Å². The van der Waals surface area contributed by atoms with Crippen molar-refractivity contribution < 1.29 is 9.59 Å². The van der Waals surface area contributed by atoms with Crippen molar-refractivity contribution in [2.24, 2.45) is 0 Å². The van der Waals surface area contributed by atoms with Gasteiger partial charge < -0.3 is 4.90 Å². The maximum absolute atomic E-state index is 12.9. The van der Waals surface area contributed by atoms with Gasteiger partial charge in [-0.3, -0.25) is 9.59 Å². The number of carbonyl (C=O) groups is 2. The van der Waals surface area contributed by atoms with Crippen LogP contribution in [0.5, 0.6) is 0 Å². The summed E-state index contributed by atoms with van der Waals surface area (Å²) in [5.41, 5.74) is 1.51. The maximum atomic E-state index is 12.9. The summed E-state index contributed by atoms with van der Waals surface area (Å²) < 4.78 is 0. The van der Waals surface area contributed by atoms with Crippen LogP contribution in [-0.2, 0) is 4.79 Å². The van der Waals surface area contributed by atoms with E-state index in [1.54, 1.807) is 36.2 Å². The number of hydrogen-bond acceptors (Lipinski definition) is 5. The van der Waals surface area contributed by atoms with Crippen molar-refractivity contribution in [1.82, 2.24) is 9.97 Å². The van der Waals surface area contributed by atoms with Gasteiger partial charge in [-0.2, -0.15) is 0 Å². The fourth-order valence-electron chi connectivity index (χ4n) is 2.78. The number of aryl methyl sites for hydroxylation is 1. The van der Waals surface area contributed by atoms with E-state index in [4.69, 9.17) is 11.6 Å². The van der Waals surface area contributed by atoms with Crippen LogP contribution in [0.1, 0.15) is 29.8 Å². The Morgan fingerprint density at radius 2 is 2.09 bits per heavy atom. The minimum Gasteiger partial charge on any atom is -0.309 e. The van der Waals surface area contributed by atoms with E-state index < -0.39 is 5.91 Å². The van der Waals surface area contributed by atoms with Gasteiger partial charge >= 0.3 is 0 Å². The number of carbonyl (C=O) groups excluding carboxylic acids is 2. The van der Waals surface area contributed by atoms with E-state index in [0.717, 1.165) is 4.90 Å². The molecule has 7 heteroatoms. The van der Waals surface area contributed by atoms with Gasteiger partial charge in [0.2, 0.25) is 5.91 Å². The first-order chi connectivity index (χ1) is 11.0. The third-order valence-corrected chi connectivity index (χ3v) is 3.91. The third kappa shape index (κ3) is 2.35. The van der Waals surface area contributed by atoms with Crippen molar-refractivity contribution in [1.29, 1.82) is 0 Å². The molecule has 0 fully saturated rings. The quantitative estimate of drug-likeness (QED) is 0.752. The van der Waals surface area contributed by atoms with Crippen LogP contribution in [0.3, 0.4) is 0 Å². The molecule has 0 radical (unpaired) electrons. The Balaban J connectivity index is 2.42. The Morgan fingerprint density at radius 3 is 2.74 bits per heavy atom. The molecular weight excluding hydrogens is 316 g/mol. The molecule has 0 saturated heterocycles. The number of anilines is 3. The molecule has 0 spiro atoms. The lowest BCUT2D eigenvalue weighted by Crippen LogP contribution is -2.35. The highest BCUT2D eigenvalue weighted by atomic mass is 35.5. The van der Waals surface area contributed by atoms with Gasteiger partial charge in [0.1, 0.15) is 11.0 Å². The van der Waals surface area contributed by atoms with Crippen LogP contribution in [-0.4, -0.2) is 28.3 Å². The molecule has 0 aromatic carbocycles. The number of hydrogen-bond donors (Lipinski definition) is 0. The smallest absolute Gasteiger partial charge is 0.268 e. The lowest BCUT2D eigenvalue weighted by molar-refractivity contribution is -0.115. The van der Waals surface area contributed by atoms with E-state index in [9.17, 15) is 9.59 Å². The molecule has 0 unspecified atom stereocenters. The van der Waals surface area contributed by atoms with Gasteiger partial charge in [0.25, 0.3) is 5.91 Å². The Kier molecular flexibility index (Phi) is 3.77. The predicted octanol–water partition coefficient (Wildman–Crippen LogP) is 3.10. The van der Waals surface area contributed by atoms with Crippen LogP contribution in [0, 0.1) is 6.92 Å². The molecular formula is C16H15ClN4O2. The molecule has 0 aliphatic carbocycles. The second kappa shape index (κ2) is 5.62. The molecule has 2 amide bonds. The van der Waals surface area contributed by atoms with Crippen LogP contribution >= 0.6 is 11.6 Å². The zero-order chi connectivity index (χ0) is 16.7. The van der Waals surface area contributed by atoms with Crippen molar-refractivity contribution in [2.75, 3.05) is 16.3 Å². The molecule has 3 rings (SSSR count). The second-order valence-corrected chi connectivity index (χ2v) is 5.60. The summed E-state index contributed by atoms with van der Waals surface area (Å²) in [5.74, 6) is 0.138. The number of amides is 2. The first-order valence-corrected chi connectivity index (χ1v) is 7.58. The molecule has 6 nitrogen and oxygen atoms in total. The minimum absolute atomic E-state index is 0.301. The second-order valence-electron chi connectivity index (χ2n) is 5.21. The van der Waals surface area contributed by atoms with Crippen LogP contribution < -0.4 is 9.80 Å². The SMILES string of the molecule is CCN1c2ncccc2C(=O)N(C(C)=O)c2c(C)cc(Cl)nc21. The largest absolute Gasteiger partial charge is 0.309 e. The standard InChI is InChI=1S/C16H15ClN4O2/c1-4-20-14-11(6-5-7-18-14)16(23)21(10(3)22)13-9(2)8-12(17)19-15(13)20/h5-8H,4H2,1-3H3. The van der Waals surface area contributed by atoms with Crippen molar-refractivity contribution >= 4 is 40.7 Å². The molecule has 2 aromatic rings. The number of nitrogens with zero attached hydrogens (tertiary/aromatic N) is 4. The molecule has 0 atom stereocenters. The summed E-state index contributed by atoms with van der Waals surface area (Å²) in [7, 11) is 0. The Bertz CT molecular complexity index is 822. The average molecular weight is 331 g/mol. The van der Waals surface area contributed by atoms with Gasteiger partial charge in [-0.1, -0.05) is 11.6 Å². The van der Waals surface area contributed by atoms with Crippen LogP contribution in [0.15, 0.2) is 24.4 Å². The number of imide groups is 1. The summed E-state index contributed by atoms with van der Waals surface area (Å²) in [6.07, 6.45) is 1.61. The van der Waals surface area contributed by atoms with Gasteiger partial charge in [0.05, 0.1) is 11.3 Å². The number of aromatic nitrogens is 2. The van der Waals surface area contributed by atoms with Gasteiger partial charge in [-0.25, -0.2) is 14.9 Å². The van der Waals surface area contributed by atoms with Gasteiger partial charge in [0.15, 0.2) is 5.82 Å². The number of pyridine rings is 2. The minimum atomic E-state index is -0.412. The first kappa shape index (κ1) is 15.4. The van der Waals surface area contributed by atoms with Gasteiger partial charge in [-0.05, 0) is 37.6 Å². The van der Waals surface area contributed by atoms with Crippen molar-refractivity contribution in [3.63, 3.8) is 0 Å². The van der Waals surface area contributed by atoms with E-state index in [1.807, 2.05) is 6.92 Å². The number of halogens is 1. The third-order valence-electron chi connectivity index (χ3n) is 3.72. The number of fused-ring (bicyclic) bond motifs is 2. The predicted molar refractivity (Wildman–Crippen MR) is 88.4 cm³/mol. The van der Waals surface area contributed by atoms with Crippen molar-refractivity contribution in [2.45, 2.75) is 20.8 Å². The highest BCUT2D eigenvalue weighted by molar-refractivity contribution is 6.30. The molecule has 1 aliphatic rings. The molecule has 1 aliphatic heterocycles. The van der Waals surface area contributed by atoms with E-state index in [0.29, 0.717) is 40.1 Å². The fraction of sp³-hybridized carbons (Fsp3) is 0.250. The summed E-state index contributed by atoms with van der Waals surface area (Å²) in [6, 6.07) is 4.97. The summed E-state index contributed by atoms with van der Waals surface area (Å²) in [4.78, 5) is 36.7. The van der Waals surface area contributed by atoms with E-state index >= 15 is 0 Å². The molecule has 23 heavy (non-hydrogen) atoms. The zero-order valence-electron chi connectivity index (χ0n) is 13.0. The Labute approximate surface area is 138 Å². The summed E-state index contributed by atoms with van der Waals surface area (Å²) in [5, 5.41) is 0.301. The summed E-state index contributed by atoms with van der Waals surface area (Å²) in [6.45, 7) is 5.61. The van der Waals surface area contributed by atoms with Crippen LogP contribution in [0.25, 0.3) is 0 Å². The highest BCUT2D eigenvalue weighted by Crippen LogP contribution is 2.41.